The van der Waals surface area contributed by atoms with E-state index in [1.807, 2.05) is 18.6 Å². The molecule has 9 heavy (non-hydrogen) atoms. The van der Waals surface area contributed by atoms with Gasteiger partial charge in [-0.1, -0.05) is 6.08 Å². The highest BCUT2D eigenvalue weighted by Crippen LogP contribution is 2.16. The van der Waals surface area contributed by atoms with Crippen LogP contribution in [0.2, 0.25) is 0 Å². The molecule has 0 N–H and O–H groups in total. The van der Waals surface area contributed by atoms with Crippen molar-refractivity contribution in [3.8, 4) is 0 Å². The van der Waals surface area contributed by atoms with Gasteiger partial charge in [-0.15, -0.1) is 11.3 Å². The minimum absolute atomic E-state index is 1.26. The van der Waals surface area contributed by atoms with E-state index in [1.54, 1.807) is 11.3 Å². The van der Waals surface area contributed by atoms with Gasteiger partial charge < -0.3 is 0 Å². The SMILES string of the molecule is C/C=C(\C)c1cncs1. The maximum Gasteiger partial charge on any atom is 0.0797 e. The van der Waals surface area contributed by atoms with Gasteiger partial charge in [0.15, 0.2) is 0 Å². The molecule has 48 valence electrons. The van der Waals surface area contributed by atoms with Crippen molar-refractivity contribution in [1.82, 2.24) is 4.98 Å². The maximum atomic E-state index is 3.97. The number of thiazole rings is 1. The van der Waals surface area contributed by atoms with Crippen LogP contribution in [0.4, 0.5) is 0 Å². The maximum absolute atomic E-state index is 3.97. The van der Waals surface area contributed by atoms with Gasteiger partial charge in [-0.25, -0.2) is 0 Å². The van der Waals surface area contributed by atoms with Gasteiger partial charge in [0.2, 0.25) is 0 Å². The Balaban J connectivity index is 2.90. The minimum Gasteiger partial charge on any atom is -0.253 e. The van der Waals surface area contributed by atoms with Gasteiger partial charge >= 0.3 is 0 Å². The monoisotopic (exact) mass is 139 g/mol. The van der Waals surface area contributed by atoms with Crippen LogP contribution < -0.4 is 0 Å². The molecular weight excluding hydrogens is 130 g/mol. The average molecular weight is 139 g/mol. The summed E-state index contributed by atoms with van der Waals surface area (Å²) in [5.74, 6) is 0. The van der Waals surface area contributed by atoms with Crippen molar-refractivity contribution < 1.29 is 0 Å². The second-order valence-corrected chi connectivity index (χ2v) is 2.72. The topological polar surface area (TPSA) is 12.9 Å². The van der Waals surface area contributed by atoms with Crippen LogP contribution in [-0.4, -0.2) is 4.98 Å². The van der Waals surface area contributed by atoms with Crippen molar-refractivity contribution >= 4 is 16.9 Å². The lowest BCUT2D eigenvalue weighted by molar-refractivity contribution is 1.41. The van der Waals surface area contributed by atoms with Gasteiger partial charge in [0.1, 0.15) is 0 Å². The summed E-state index contributed by atoms with van der Waals surface area (Å²) >= 11 is 1.68. The molecule has 1 rings (SSSR count). The van der Waals surface area contributed by atoms with E-state index in [0.29, 0.717) is 0 Å². The third-order valence-corrected chi connectivity index (χ3v) is 2.16. The Bertz CT molecular complexity index is 199. The molecule has 0 amide bonds. The number of allylic oxidation sites excluding steroid dienone is 2. The molecule has 0 saturated carbocycles. The third kappa shape index (κ3) is 1.39. The predicted octanol–water partition coefficient (Wildman–Crippen LogP) is 2.57. The van der Waals surface area contributed by atoms with Crippen LogP contribution >= 0.6 is 11.3 Å². The quantitative estimate of drug-likeness (QED) is 0.582. The molecular formula is C7H9NS. The minimum atomic E-state index is 1.26. The molecule has 0 atom stereocenters. The lowest BCUT2D eigenvalue weighted by Crippen LogP contribution is -1.67. The molecule has 0 radical (unpaired) electrons. The molecule has 2 heteroatoms. The zero-order valence-corrected chi connectivity index (χ0v) is 6.40. The summed E-state index contributed by atoms with van der Waals surface area (Å²) in [6.45, 7) is 4.13. The Morgan fingerprint density at radius 1 is 1.78 bits per heavy atom. The van der Waals surface area contributed by atoms with Crippen LogP contribution in [0.3, 0.4) is 0 Å². The lowest BCUT2D eigenvalue weighted by Gasteiger charge is -1.89. The Morgan fingerprint density at radius 3 is 3.00 bits per heavy atom. The van der Waals surface area contributed by atoms with E-state index in [0.717, 1.165) is 0 Å². The van der Waals surface area contributed by atoms with Crippen molar-refractivity contribution in [2.75, 3.05) is 0 Å². The fraction of sp³-hybridized carbons (Fsp3) is 0.286. The molecule has 1 heterocycles. The van der Waals surface area contributed by atoms with Crippen molar-refractivity contribution in [2.24, 2.45) is 0 Å². The second kappa shape index (κ2) is 2.78. The number of rotatable bonds is 1. The summed E-state index contributed by atoms with van der Waals surface area (Å²) < 4.78 is 0. The normalized spacial score (nSPS) is 12.0. The Labute approximate surface area is 59.1 Å². The lowest BCUT2D eigenvalue weighted by atomic mass is 10.3. The van der Waals surface area contributed by atoms with E-state index < -0.39 is 0 Å². The highest BCUT2D eigenvalue weighted by atomic mass is 32.1. The summed E-state index contributed by atoms with van der Waals surface area (Å²) in [6.07, 6.45) is 3.98. The van der Waals surface area contributed by atoms with Crippen LogP contribution in [0.1, 0.15) is 18.7 Å². The molecule has 0 aliphatic rings. The molecule has 0 aliphatic heterocycles. The molecule has 0 spiro atoms. The summed E-state index contributed by atoms with van der Waals surface area (Å²) in [6, 6.07) is 0. The Kier molecular flexibility index (Phi) is 2.01. The van der Waals surface area contributed by atoms with Crippen LogP contribution in [0, 0.1) is 0 Å². The number of hydrogen-bond donors (Lipinski definition) is 0. The van der Waals surface area contributed by atoms with Gasteiger partial charge in [-0.05, 0) is 19.4 Å². The third-order valence-electron chi connectivity index (χ3n) is 1.25. The molecule has 0 fully saturated rings. The van der Waals surface area contributed by atoms with Gasteiger partial charge in [0.05, 0.1) is 5.51 Å². The van der Waals surface area contributed by atoms with Crippen molar-refractivity contribution in [3.05, 3.63) is 22.7 Å². The fourth-order valence-corrected chi connectivity index (χ4v) is 1.21. The molecule has 0 aliphatic carbocycles. The standard InChI is InChI=1S/C7H9NS/c1-3-6(2)7-4-8-5-9-7/h3-5H,1-2H3/b6-3+. The first-order chi connectivity index (χ1) is 4.34. The molecule has 0 aromatic carbocycles. The van der Waals surface area contributed by atoms with Crippen LogP contribution in [0.25, 0.3) is 5.57 Å². The highest BCUT2D eigenvalue weighted by molar-refractivity contribution is 7.10. The molecule has 1 aromatic rings. The average Bonchev–Trinajstić information content (AvgIpc) is 2.37. The van der Waals surface area contributed by atoms with E-state index in [4.69, 9.17) is 0 Å². The Morgan fingerprint density at radius 2 is 2.56 bits per heavy atom. The molecule has 0 bridgehead atoms. The number of aromatic nitrogens is 1. The van der Waals surface area contributed by atoms with Crippen LogP contribution in [0.5, 0.6) is 0 Å². The summed E-state index contributed by atoms with van der Waals surface area (Å²) in [5.41, 5.74) is 3.15. The predicted molar refractivity (Wildman–Crippen MR) is 41.4 cm³/mol. The fourth-order valence-electron chi connectivity index (χ4n) is 0.553. The van der Waals surface area contributed by atoms with Gasteiger partial charge in [0, 0.05) is 11.1 Å². The first kappa shape index (κ1) is 6.49. The number of hydrogen-bond acceptors (Lipinski definition) is 2. The summed E-state index contributed by atoms with van der Waals surface area (Å²) in [5, 5.41) is 0. The van der Waals surface area contributed by atoms with Gasteiger partial charge in [-0.3, -0.25) is 4.98 Å². The summed E-state index contributed by atoms with van der Waals surface area (Å²) in [7, 11) is 0. The second-order valence-electron chi connectivity index (χ2n) is 1.84. The summed E-state index contributed by atoms with van der Waals surface area (Å²) in [4.78, 5) is 5.23. The van der Waals surface area contributed by atoms with E-state index in [9.17, 15) is 0 Å². The first-order valence-corrected chi connectivity index (χ1v) is 3.74. The number of nitrogens with zero attached hydrogens (tertiary/aromatic N) is 1. The smallest absolute Gasteiger partial charge is 0.0797 e. The largest absolute Gasteiger partial charge is 0.253 e. The van der Waals surface area contributed by atoms with E-state index >= 15 is 0 Å². The van der Waals surface area contributed by atoms with E-state index in [-0.39, 0.29) is 0 Å². The Hall–Kier alpha value is -0.630. The van der Waals surface area contributed by atoms with Crippen molar-refractivity contribution in [1.29, 1.82) is 0 Å². The molecule has 0 unspecified atom stereocenters. The van der Waals surface area contributed by atoms with Crippen molar-refractivity contribution in [2.45, 2.75) is 13.8 Å². The molecule has 0 saturated heterocycles. The first-order valence-electron chi connectivity index (χ1n) is 2.86. The molecule has 1 aromatic heterocycles. The zero-order valence-electron chi connectivity index (χ0n) is 5.59. The zero-order chi connectivity index (χ0) is 6.69. The molecule has 1 nitrogen and oxygen atoms in total. The van der Waals surface area contributed by atoms with E-state index in [2.05, 4.69) is 18.0 Å². The van der Waals surface area contributed by atoms with E-state index in [1.165, 1.54) is 10.5 Å². The van der Waals surface area contributed by atoms with Gasteiger partial charge in [-0.2, -0.15) is 0 Å². The van der Waals surface area contributed by atoms with Crippen molar-refractivity contribution in [3.63, 3.8) is 0 Å². The van der Waals surface area contributed by atoms with Gasteiger partial charge in [0.25, 0.3) is 0 Å². The van der Waals surface area contributed by atoms with Crippen LogP contribution in [-0.2, 0) is 0 Å². The van der Waals surface area contributed by atoms with Crippen LogP contribution in [0.15, 0.2) is 17.8 Å². The highest BCUT2D eigenvalue weighted by Gasteiger charge is 1.92.